The summed E-state index contributed by atoms with van der Waals surface area (Å²) in [6, 6.07) is 0. The van der Waals surface area contributed by atoms with E-state index >= 15 is 0 Å². The molecule has 0 spiro atoms. The molecule has 0 aromatic carbocycles. The maximum Gasteiger partial charge on any atom is 0.323 e. The van der Waals surface area contributed by atoms with Gasteiger partial charge in [-0.15, -0.1) is 0 Å². The maximum absolute atomic E-state index is 11.0. The standard InChI is InChI=1S/C10H21NO4S/c1-4-6-10(2,9(12)13)11-7-5-8-16(3,14)15/h11H,4-8H2,1-3H3,(H,12,13). The van der Waals surface area contributed by atoms with E-state index in [1.165, 1.54) is 6.26 Å². The summed E-state index contributed by atoms with van der Waals surface area (Å²) >= 11 is 0. The minimum absolute atomic E-state index is 0.0851. The van der Waals surface area contributed by atoms with Crippen LogP contribution in [0.3, 0.4) is 0 Å². The summed E-state index contributed by atoms with van der Waals surface area (Å²) in [6.45, 7) is 3.94. The molecule has 5 nitrogen and oxygen atoms in total. The van der Waals surface area contributed by atoms with E-state index in [4.69, 9.17) is 5.11 Å². The van der Waals surface area contributed by atoms with Gasteiger partial charge in [-0.3, -0.25) is 4.79 Å². The van der Waals surface area contributed by atoms with E-state index in [-0.39, 0.29) is 5.75 Å². The Hall–Kier alpha value is -0.620. The van der Waals surface area contributed by atoms with E-state index in [1.807, 2.05) is 6.92 Å². The molecule has 0 aliphatic carbocycles. The Morgan fingerprint density at radius 1 is 1.44 bits per heavy atom. The quantitative estimate of drug-likeness (QED) is 0.619. The van der Waals surface area contributed by atoms with Gasteiger partial charge >= 0.3 is 5.97 Å². The monoisotopic (exact) mass is 251 g/mol. The number of carboxylic acids is 1. The van der Waals surface area contributed by atoms with Crippen LogP contribution in [0.5, 0.6) is 0 Å². The van der Waals surface area contributed by atoms with E-state index in [1.54, 1.807) is 6.92 Å². The van der Waals surface area contributed by atoms with Crippen molar-refractivity contribution < 1.29 is 18.3 Å². The van der Waals surface area contributed by atoms with Crippen molar-refractivity contribution in [3.05, 3.63) is 0 Å². The van der Waals surface area contributed by atoms with E-state index in [2.05, 4.69) is 5.32 Å². The second-order valence-corrected chi connectivity index (χ2v) is 6.56. The lowest BCUT2D eigenvalue weighted by atomic mass is 9.96. The maximum atomic E-state index is 11.0. The summed E-state index contributed by atoms with van der Waals surface area (Å²) in [5.74, 6) is -0.810. The summed E-state index contributed by atoms with van der Waals surface area (Å²) in [7, 11) is -2.96. The molecule has 0 amide bonds. The number of aliphatic carboxylic acids is 1. The minimum atomic E-state index is -2.96. The van der Waals surface area contributed by atoms with Gasteiger partial charge in [0, 0.05) is 6.26 Å². The van der Waals surface area contributed by atoms with Crippen LogP contribution in [0.1, 0.15) is 33.1 Å². The number of hydrogen-bond donors (Lipinski definition) is 2. The number of nitrogens with one attached hydrogen (secondary N) is 1. The Balaban J connectivity index is 4.10. The molecule has 0 saturated heterocycles. The fourth-order valence-electron chi connectivity index (χ4n) is 1.47. The van der Waals surface area contributed by atoms with Gasteiger partial charge in [0.2, 0.25) is 0 Å². The molecule has 0 radical (unpaired) electrons. The first-order chi connectivity index (χ1) is 7.21. The van der Waals surface area contributed by atoms with Gasteiger partial charge in [-0.1, -0.05) is 13.3 Å². The number of carbonyl (C=O) groups is 1. The van der Waals surface area contributed by atoms with Gasteiger partial charge in [-0.05, 0) is 26.3 Å². The normalized spacial score (nSPS) is 15.7. The van der Waals surface area contributed by atoms with Crippen LogP contribution in [0.4, 0.5) is 0 Å². The SMILES string of the molecule is CCCC(C)(NCCCS(C)(=O)=O)C(=O)O. The third kappa shape index (κ3) is 6.07. The van der Waals surface area contributed by atoms with Gasteiger partial charge in [0.05, 0.1) is 5.75 Å². The summed E-state index contributed by atoms with van der Waals surface area (Å²) in [6.07, 6.45) is 2.91. The molecule has 16 heavy (non-hydrogen) atoms. The van der Waals surface area contributed by atoms with Gasteiger partial charge in [0.25, 0.3) is 0 Å². The van der Waals surface area contributed by atoms with Crippen LogP contribution >= 0.6 is 0 Å². The van der Waals surface area contributed by atoms with Crippen LogP contribution in [-0.4, -0.2) is 43.6 Å². The molecule has 0 rings (SSSR count). The average molecular weight is 251 g/mol. The Kier molecular flexibility index (Phi) is 5.96. The molecule has 1 unspecified atom stereocenters. The fraction of sp³-hybridized carbons (Fsp3) is 0.900. The van der Waals surface area contributed by atoms with Crippen molar-refractivity contribution in [3.63, 3.8) is 0 Å². The highest BCUT2D eigenvalue weighted by atomic mass is 32.2. The fourth-order valence-corrected chi connectivity index (χ4v) is 2.14. The Bertz CT molecular complexity index is 326. The molecule has 0 aromatic heterocycles. The van der Waals surface area contributed by atoms with E-state index in [0.717, 1.165) is 6.42 Å². The third-order valence-corrected chi connectivity index (χ3v) is 3.46. The molecule has 6 heteroatoms. The zero-order chi connectivity index (χ0) is 12.8. The zero-order valence-electron chi connectivity index (χ0n) is 10.1. The first-order valence-corrected chi connectivity index (χ1v) is 7.43. The van der Waals surface area contributed by atoms with E-state index < -0.39 is 21.3 Å². The largest absolute Gasteiger partial charge is 0.480 e. The van der Waals surface area contributed by atoms with Crippen molar-refractivity contribution in [1.82, 2.24) is 5.32 Å². The molecule has 1 atom stereocenters. The molecule has 0 aliphatic rings. The van der Waals surface area contributed by atoms with Crippen molar-refractivity contribution in [2.75, 3.05) is 18.6 Å². The molecule has 0 aromatic rings. The summed E-state index contributed by atoms with van der Waals surface area (Å²) in [5.41, 5.74) is -0.952. The number of hydrogen-bond acceptors (Lipinski definition) is 4. The van der Waals surface area contributed by atoms with Gasteiger partial charge in [-0.2, -0.15) is 0 Å². The van der Waals surface area contributed by atoms with Gasteiger partial charge in [0.15, 0.2) is 0 Å². The van der Waals surface area contributed by atoms with Gasteiger partial charge in [0.1, 0.15) is 15.4 Å². The van der Waals surface area contributed by atoms with Crippen LogP contribution in [0, 0.1) is 0 Å². The van der Waals surface area contributed by atoms with Crippen LogP contribution in [0.25, 0.3) is 0 Å². The number of sulfone groups is 1. The molecule has 0 heterocycles. The molecule has 0 saturated carbocycles. The smallest absolute Gasteiger partial charge is 0.323 e. The molecule has 0 bridgehead atoms. The van der Waals surface area contributed by atoms with Crippen molar-refractivity contribution in [2.24, 2.45) is 0 Å². The third-order valence-electron chi connectivity index (χ3n) is 2.43. The lowest BCUT2D eigenvalue weighted by Crippen LogP contribution is -2.49. The van der Waals surface area contributed by atoms with Crippen LogP contribution in [0.2, 0.25) is 0 Å². The van der Waals surface area contributed by atoms with E-state index in [9.17, 15) is 13.2 Å². The summed E-state index contributed by atoms with van der Waals surface area (Å²) in [5, 5.41) is 11.9. The molecule has 0 fully saturated rings. The Morgan fingerprint density at radius 2 is 2.00 bits per heavy atom. The first kappa shape index (κ1) is 15.4. The Labute approximate surface area is 97.2 Å². The summed E-state index contributed by atoms with van der Waals surface area (Å²) < 4.78 is 21.7. The average Bonchev–Trinajstić information content (AvgIpc) is 2.11. The van der Waals surface area contributed by atoms with Crippen LogP contribution in [0.15, 0.2) is 0 Å². The predicted molar refractivity (Wildman–Crippen MR) is 63.3 cm³/mol. The second-order valence-electron chi connectivity index (χ2n) is 4.30. The Morgan fingerprint density at radius 3 is 2.38 bits per heavy atom. The van der Waals surface area contributed by atoms with Crippen LogP contribution in [-0.2, 0) is 14.6 Å². The lowest BCUT2D eigenvalue weighted by Gasteiger charge is -2.25. The van der Waals surface area contributed by atoms with Crippen molar-refractivity contribution in [1.29, 1.82) is 0 Å². The van der Waals surface area contributed by atoms with Crippen molar-refractivity contribution in [2.45, 2.75) is 38.6 Å². The molecule has 2 N–H and O–H groups in total. The first-order valence-electron chi connectivity index (χ1n) is 5.37. The van der Waals surface area contributed by atoms with E-state index in [0.29, 0.717) is 19.4 Å². The van der Waals surface area contributed by atoms with Crippen molar-refractivity contribution >= 4 is 15.8 Å². The molecule has 96 valence electrons. The molecule has 0 aliphatic heterocycles. The molecular weight excluding hydrogens is 230 g/mol. The van der Waals surface area contributed by atoms with Crippen molar-refractivity contribution in [3.8, 4) is 0 Å². The zero-order valence-corrected chi connectivity index (χ0v) is 10.9. The summed E-state index contributed by atoms with van der Waals surface area (Å²) in [4.78, 5) is 11.0. The molecular formula is C10H21NO4S. The topological polar surface area (TPSA) is 83.5 Å². The van der Waals surface area contributed by atoms with Gasteiger partial charge < -0.3 is 10.4 Å². The lowest BCUT2D eigenvalue weighted by molar-refractivity contribution is -0.144. The highest BCUT2D eigenvalue weighted by Gasteiger charge is 2.30. The highest BCUT2D eigenvalue weighted by Crippen LogP contribution is 2.12. The number of carboxylic acid groups (broad SMARTS) is 1. The predicted octanol–water partition coefficient (Wildman–Crippen LogP) is 0.654. The van der Waals surface area contributed by atoms with Gasteiger partial charge in [-0.25, -0.2) is 8.42 Å². The van der Waals surface area contributed by atoms with Crippen LogP contribution < -0.4 is 5.32 Å². The number of rotatable bonds is 8. The minimum Gasteiger partial charge on any atom is -0.480 e. The second kappa shape index (κ2) is 6.20. The highest BCUT2D eigenvalue weighted by molar-refractivity contribution is 7.90.